The normalized spacial score (nSPS) is 17.5. The zero-order chi connectivity index (χ0) is 33.0. The highest BCUT2D eigenvalue weighted by atomic mass is 35.5. The summed E-state index contributed by atoms with van der Waals surface area (Å²) in [6.45, 7) is -2.85. The number of methoxy groups -OCH3 is 1. The SMILES string of the molecule is COC(=O)c1ccccc1S(=O)(=O)N1CCSC1C(=O)OC(Cc1c(Cl)cncc1Cl)c1ccc(OC(F)F)c(OCC2CC2)c1. The molecule has 46 heavy (non-hydrogen) atoms. The Morgan fingerprint density at radius 3 is 2.48 bits per heavy atom. The Morgan fingerprint density at radius 2 is 1.80 bits per heavy atom. The van der Waals surface area contributed by atoms with E-state index in [1.807, 2.05) is 0 Å². The van der Waals surface area contributed by atoms with Crippen LogP contribution in [0.3, 0.4) is 0 Å². The number of thioether (sulfide) groups is 1. The number of nitrogens with zero attached hydrogens (tertiary/aromatic N) is 2. The standard InChI is InChI=1S/C30H28Cl2F2N2O8S2/c1-41-28(37)19-4-2-3-5-26(19)46(39,40)36-10-11-45-27(36)29(38)43-24(13-20-21(31)14-35-15-22(20)32)18-8-9-23(44-30(33)34)25(12-18)42-16-17-6-7-17/h2-5,8-9,12,14-15,17,24,27,30H,6-7,10-11,13,16H2,1H3. The van der Waals surface area contributed by atoms with Crippen LogP contribution in [0.1, 0.15) is 40.4 Å². The first-order valence-electron chi connectivity index (χ1n) is 14.0. The van der Waals surface area contributed by atoms with E-state index in [-0.39, 0.29) is 57.3 Å². The van der Waals surface area contributed by atoms with Crippen LogP contribution >= 0.6 is 35.0 Å². The molecule has 2 unspecified atom stereocenters. The van der Waals surface area contributed by atoms with Crippen molar-refractivity contribution < 1.29 is 45.7 Å². The van der Waals surface area contributed by atoms with Crippen molar-refractivity contribution in [2.75, 3.05) is 26.0 Å². The first kappa shape index (κ1) is 34.2. The maximum atomic E-state index is 13.8. The van der Waals surface area contributed by atoms with Gasteiger partial charge in [0.15, 0.2) is 16.9 Å². The average molecular weight is 718 g/mol. The molecule has 1 saturated carbocycles. The van der Waals surface area contributed by atoms with Gasteiger partial charge < -0.3 is 18.9 Å². The summed E-state index contributed by atoms with van der Waals surface area (Å²) in [6.07, 6.45) is 3.44. The van der Waals surface area contributed by atoms with E-state index >= 15 is 0 Å². The summed E-state index contributed by atoms with van der Waals surface area (Å²) in [4.78, 5) is 29.8. The maximum absolute atomic E-state index is 13.8. The third-order valence-corrected chi connectivity index (χ3v) is 11.1. The Balaban J connectivity index is 1.48. The van der Waals surface area contributed by atoms with Crippen molar-refractivity contribution in [2.45, 2.75) is 42.2 Å². The number of carbonyl (C=O) groups is 2. The fraction of sp³-hybridized carbons (Fsp3) is 0.367. The van der Waals surface area contributed by atoms with E-state index in [2.05, 4.69) is 9.72 Å². The molecule has 10 nitrogen and oxygen atoms in total. The van der Waals surface area contributed by atoms with Crippen molar-refractivity contribution in [3.8, 4) is 11.5 Å². The lowest BCUT2D eigenvalue weighted by Gasteiger charge is -2.26. The monoisotopic (exact) mass is 716 g/mol. The third-order valence-electron chi connectivity index (χ3n) is 7.26. The van der Waals surface area contributed by atoms with E-state index in [1.54, 1.807) is 0 Å². The van der Waals surface area contributed by atoms with Crippen LogP contribution in [-0.2, 0) is 30.7 Å². The van der Waals surface area contributed by atoms with Crippen LogP contribution < -0.4 is 9.47 Å². The van der Waals surface area contributed by atoms with Gasteiger partial charge in [0, 0.05) is 31.1 Å². The number of sulfonamides is 1. The van der Waals surface area contributed by atoms with E-state index in [0.29, 0.717) is 17.0 Å². The molecule has 1 aromatic heterocycles. The Kier molecular flexibility index (Phi) is 10.9. The lowest BCUT2D eigenvalue weighted by Crippen LogP contribution is -2.41. The fourth-order valence-corrected chi connectivity index (χ4v) is 8.50. The van der Waals surface area contributed by atoms with Gasteiger partial charge in [-0.2, -0.15) is 13.1 Å². The van der Waals surface area contributed by atoms with Crippen molar-refractivity contribution in [3.05, 3.63) is 81.6 Å². The van der Waals surface area contributed by atoms with Crippen LogP contribution in [0.25, 0.3) is 0 Å². The number of carbonyl (C=O) groups excluding carboxylic acids is 2. The fourth-order valence-electron chi connectivity index (χ4n) is 4.75. The van der Waals surface area contributed by atoms with Crippen LogP contribution in [0.15, 0.2) is 59.8 Å². The summed E-state index contributed by atoms with van der Waals surface area (Å²) in [7, 11) is -3.24. The Bertz CT molecular complexity index is 1690. The molecular weight excluding hydrogens is 689 g/mol. The number of rotatable bonds is 13. The highest BCUT2D eigenvalue weighted by Gasteiger charge is 2.43. The molecule has 0 amide bonds. The molecule has 0 N–H and O–H groups in total. The third kappa shape index (κ3) is 7.85. The Labute approximate surface area is 278 Å². The van der Waals surface area contributed by atoms with Crippen LogP contribution in [-0.4, -0.2) is 67.6 Å². The van der Waals surface area contributed by atoms with Gasteiger partial charge in [-0.3, -0.25) is 4.98 Å². The molecule has 2 aromatic carbocycles. The van der Waals surface area contributed by atoms with E-state index in [0.717, 1.165) is 36.0 Å². The second-order valence-corrected chi connectivity index (χ2v) is 14.2. The number of hydrogen-bond acceptors (Lipinski definition) is 10. The molecule has 2 aliphatic rings. The summed E-state index contributed by atoms with van der Waals surface area (Å²) in [5.41, 5.74) is 0.539. The number of aromatic nitrogens is 1. The molecule has 0 bridgehead atoms. The molecule has 3 aromatic rings. The van der Waals surface area contributed by atoms with Crippen molar-refractivity contribution in [1.29, 1.82) is 0 Å². The predicted molar refractivity (Wildman–Crippen MR) is 166 cm³/mol. The van der Waals surface area contributed by atoms with Crippen LogP contribution in [0.4, 0.5) is 8.78 Å². The number of pyridine rings is 1. The van der Waals surface area contributed by atoms with Gasteiger partial charge in [-0.25, -0.2) is 18.0 Å². The van der Waals surface area contributed by atoms with E-state index in [4.69, 9.17) is 37.4 Å². The van der Waals surface area contributed by atoms with Gasteiger partial charge in [0.05, 0.1) is 34.2 Å². The van der Waals surface area contributed by atoms with E-state index < -0.39 is 40.1 Å². The lowest BCUT2D eigenvalue weighted by atomic mass is 10.0. The lowest BCUT2D eigenvalue weighted by molar-refractivity contribution is -0.150. The number of benzene rings is 2. The summed E-state index contributed by atoms with van der Waals surface area (Å²) in [5.74, 6) is -1.36. The van der Waals surface area contributed by atoms with Gasteiger partial charge in [0.25, 0.3) is 0 Å². The van der Waals surface area contributed by atoms with Crippen molar-refractivity contribution >= 4 is 56.9 Å². The van der Waals surface area contributed by atoms with E-state index in [9.17, 15) is 26.8 Å². The minimum atomic E-state index is -4.37. The topological polar surface area (TPSA) is 121 Å². The largest absolute Gasteiger partial charge is 0.489 e. The van der Waals surface area contributed by atoms with Crippen molar-refractivity contribution in [3.63, 3.8) is 0 Å². The molecule has 1 aliphatic carbocycles. The number of halogens is 4. The molecule has 2 atom stereocenters. The van der Waals surface area contributed by atoms with Gasteiger partial charge in [0.1, 0.15) is 6.10 Å². The summed E-state index contributed by atoms with van der Waals surface area (Å²) in [5, 5.41) is -0.931. The minimum absolute atomic E-state index is 0.0246. The molecular formula is C30H28Cl2F2N2O8S2. The van der Waals surface area contributed by atoms with Gasteiger partial charge >= 0.3 is 18.6 Å². The summed E-state index contributed by atoms with van der Waals surface area (Å²) < 4.78 is 76.1. The predicted octanol–water partition coefficient (Wildman–Crippen LogP) is 6.16. The van der Waals surface area contributed by atoms with E-state index in [1.165, 1.54) is 54.9 Å². The number of hydrogen-bond donors (Lipinski definition) is 0. The summed E-state index contributed by atoms with van der Waals surface area (Å²) in [6, 6.07) is 9.68. The van der Waals surface area contributed by atoms with Gasteiger partial charge in [0.2, 0.25) is 10.0 Å². The zero-order valence-corrected chi connectivity index (χ0v) is 27.4. The van der Waals surface area contributed by atoms with Gasteiger partial charge in [-0.05, 0) is 54.2 Å². The number of alkyl halides is 2. The second kappa shape index (κ2) is 14.7. The first-order valence-corrected chi connectivity index (χ1v) is 17.2. The first-order chi connectivity index (χ1) is 22.0. The van der Waals surface area contributed by atoms with Crippen molar-refractivity contribution in [2.24, 2.45) is 5.92 Å². The van der Waals surface area contributed by atoms with Crippen LogP contribution in [0.2, 0.25) is 10.0 Å². The molecule has 1 saturated heterocycles. The van der Waals surface area contributed by atoms with Crippen molar-refractivity contribution in [1.82, 2.24) is 9.29 Å². The highest BCUT2D eigenvalue weighted by molar-refractivity contribution is 8.02. The molecule has 1 aliphatic heterocycles. The molecule has 0 spiro atoms. The molecule has 16 heteroatoms. The quantitative estimate of drug-likeness (QED) is 0.190. The number of ether oxygens (including phenoxy) is 4. The smallest absolute Gasteiger partial charge is 0.387 e. The highest BCUT2D eigenvalue weighted by Crippen LogP contribution is 2.39. The summed E-state index contributed by atoms with van der Waals surface area (Å²) >= 11 is 13.8. The average Bonchev–Trinajstić information content (AvgIpc) is 3.72. The van der Waals surface area contributed by atoms with Gasteiger partial charge in [-0.15, -0.1) is 11.8 Å². The molecule has 246 valence electrons. The minimum Gasteiger partial charge on any atom is -0.489 e. The Morgan fingerprint density at radius 1 is 1.09 bits per heavy atom. The van der Waals surface area contributed by atoms with Crippen LogP contribution in [0.5, 0.6) is 11.5 Å². The second-order valence-electron chi connectivity index (χ2n) is 10.4. The zero-order valence-electron chi connectivity index (χ0n) is 24.2. The molecule has 5 rings (SSSR count). The number of esters is 2. The maximum Gasteiger partial charge on any atom is 0.387 e. The van der Waals surface area contributed by atoms with Crippen LogP contribution in [0, 0.1) is 5.92 Å². The molecule has 0 radical (unpaired) electrons. The molecule has 2 fully saturated rings. The Hall–Kier alpha value is -3.17. The van der Waals surface area contributed by atoms with Gasteiger partial charge in [-0.1, -0.05) is 41.4 Å². The molecule has 2 heterocycles.